The average molecular weight is 445 g/mol. The van der Waals surface area contributed by atoms with Gasteiger partial charge in [-0.3, -0.25) is 10.1 Å². The number of benzene rings is 2. The number of nitrogens with zero attached hydrogens (tertiary/aromatic N) is 3. The number of nitrogens with two attached hydrogens (primary N) is 1. The molecule has 2 aromatic carbocycles. The summed E-state index contributed by atoms with van der Waals surface area (Å²) < 4.78 is 17.2. The van der Waals surface area contributed by atoms with Crippen LogP contribution in [0.15, 0.2) is 71.4 Å². The summed E-state index contributed by atoms with van der Waals surface area (Å²) in [5, 5.41) is 20.2. The minimum atomic E-state index is -1.50. The van der Waals surface area contributed by atoms with E-state index >= 15 is 0 Å². The first-order valence-electron chi connectivity index (χ1n) is 10.3. The molecule has 2 heterocycles. The predicted molar refractivity (Wildman–Crippen MR) is 126 cm³/mol. The van der Waals surface area contributed by atoms with Crippen LogP contribution in [0.25, 0.3) is 22.2 Å². The van der Waals surface area contributed by atoms with Gasteiger partial charge in [0, 0.05) is 22.8 Å². The minimum Gasteiger partial charge on any atom is -0.356 e. The Morgan fingerprint density at radius 2 is 1.88 bits per heavy atom. The van der Waals surface area contributed by atoms with Crippen LogP contribution in [0.3, 0.4) is 0 Å². The molecule has 0 aliphatic rings. The Bertz CT molecular complexity index is 1310. The molecule has 0 amide bonds. The Kier molecular flexibility index (Phi) is 6.17. The van der Waals surface area contributed by atoms with Crippen LogP contribution in [0.4, 0.5) is 0 Å². The van der Waals surface area contributed by atoms with Gasteiger partial charge in [-0.2, -0.15) is 5.26 Å². The number of pyridine rings is 1. The summed E-state index contributed by atoms with van der Waals surface area (Å²) in [6, 6.07) is 21.6. The van der Waals surface area contributed by atoms with Gasteiger partial charge in [-0.25, -0.2) is 4.21 Å². The monoisotopic (exact) mass is 444 g/mol. The zero-order valence-electron chi connectivity index (χ0n) is 18.0. The van der Waals surface area contributed by atoms with E-state index in [0.29, 0.717) is 18.4 Å². The van der Waals surface area contributed by atoms with Gasteiger partial charge in [0.05, 0.1) is 21.3 Å². The lowest BCUT2D eigenvalue weighted by Gasteiger charge is -2.28. The maximum Gasteiger partial charge on any atom is 0.167 e. The summed E-state index contributed by atoms with van der Waals surface area (Å²) in [4.78, 5) is 4.47. The van der Waals surface area contributed by atoms with E-state index in [4.69, 9.17) is 14.9 Å². The Labute approximate surface area is 189 Å². The normalized spacial score (nSPS) is 13.6. The van der Waals surface area contributed by atoms with Crippen molar-refractivity contribution >= 4 is 22.0 Å². The summed E-state index contributed by atoms with van der Waals surface area (Å²) in [6.07, 6.45) is 2.78. The molecule has 0 aliphatic heterocycles. The zero-order chi connectivity index (χ0) is 22.7. The van der Waals surface area contributed by atoms with Crippen LogP contribution in [0, 0.1) is 11.3 Å². The fraction of sp³-hybridized carbons (Fsp3) is 0.240. The molecule has 162 valence electrons. The van der Waals surface area contributed by atoms with E-state index in [1.54, 1.807) is 12.3 Å². The van der Waals surface area contributed by atoms with Gasteiger partial charge in [-0.15, -0.1) is 0 Å². The Morgan fingerprint density at radius 3 is 2.59 bits per heavy atom. The molecule has 0 saturated heterocycles. The molecule has 0 fully saturated rings. The fourth-order valence-electron chi connectivity index (χ4n) is 3.98. The van der Waals surface area contributed by atoms with Gasteiger partial charge in [0.2, 0.25) is 0 Å². The van der Waals surface area contributed by atoms with E-state index in [9.17, 15) is 4.21 Å². The summed E-state index contributed by atoms with van der Waals surface area (Å²) >= 11 is 0. The quantitative estimate of drug-likeness (QED) is 0.437. The highest BCUT2D eigenvalue weighted by molar-refractivity contribution is 7.84. The van der Waals surface area contributed by atoms with Crippen LogP contribution in [0.2, 0.25) is 0 Å². The molecule has 6 nitrogen and oxygen atoms in total. The molecule has 0 spiro atoms. The highest BCUT2D eigenvalue weighted by Gasteiger charge is 2.31. The molecule has 0 bridgehead atoms. The van der Waals surface area contributed by atoms with Crippen molar-refractivity contribution in [1.29, 1.82) is 5.26 Å². The summed E-state index contributed by atoms with van der Waals surface area (Å²) in [6.45, 7) is 3.83. The Hall–Kier alpha value is -3.34. The van der Waals surface area contributed by atoms with Crippen LogP contribution in [-0.4, -0.2) is 19.1 Å². The van der Waals surface area contributed by atoms with Crippen LogP contribution >= 0.6 is 0 Å². The van der Waals surface area contributed by atoms with Crippen LogP contribution in [-0.2, 0) is 17.4 Å². The fourth-order valence-corrected chi connectivity index (χ4v) is 4.35. The molecule has 2 N–H and O–H groups in total. The van der Waals surface area contributed by atoms with Crippen LogP contribution in [0.5, 0.6) is 0 Å². The van der Waals surface area contributed by atoms with Crippen molar-refractivity contribution in [3.63, 3.8) is 0 Å². The van der Waals surface area contributed by atoms with E-state index < -0.39 is 15.7 Å². The van der Waals surface area contributed by atoms with Gasteiger partial charge in [0.25, 0.3) is 0 Å². The van der Waals surface area contributed by atoms with Crippen molar-refractivity contribution in [3.05, 3.63) is 83.7 Å². The molecular weight excluding hydrogens is 420 g/mol. The van der Waals surface area contributed by atoms with Gasteiger partial charge >= 0.3 is 0 Å². The largest absolute Gasteiger partial charge is 0.356 e. The molecule has 4 rings (SSSR count). The van der Waals surface area contributed by atoms with E-state index in [1.807, 2.05) is 62.4 Å². The molecule has 7 heteroatoms. The van der Waals surface area contributed by atoms with E-state index in [0.717, 1.165) is 33.5 Å². The lowest BCUT2D eigenvalue weighted by molar-refractivity contribution is 0.459. The number of aromatic nitrogens is 2. The number of nitriles is 1. The molecule has 1 unspecified atom stereocenters. The van der Waals surface area contributed by atoms with Crippen molar-refractivity contribution in [3.8, 4) is 17.3 Å². The van der Waals surface area contributed by atoms with Gasteiger partial charge in [-0.1, -0.05) is 41.6 Å². The molecule has 2 aromatic heterocycles. The maximum absolute atomic E-state index is 12.3. The molecule has 4 aromatic rings. The first kappa shape index (κ1) is 21.9. The standard InChI is InChI=1S/C25H24N4O2S/c1-25(2,32(27)30)14-18(13-19-12-11-17(15-26)16-28-19)20-7-3-4-8-21(20)24-22-9-5-6-10-23(22)31-29-24/h3-12,16,18H,13-14,27H2,1-2H3/t18-,32?/m0/s1. The third-order valence-electron chi connectivity index (χ3n) is 5.73. The second kappa shape index (κ2) is 9.03. The number of hydrogen-bond donors (Lipinski definition) is 1. The zero-order valence-corrected chi connectivity index (χ0v) is 18.8. The molecule has 32 heavy (non-hydrogen) atoms. The van der Waals surface area contributed by atoms with Gasteiger partial charge < -0.3 is 4.52 Å². The second-order valence-corrected chi connectivity index (χ2v) is 10.1. The first-order chi connectivity index (χ1) is 15.4. The molecule has 0 saturated carbocycles. The predicted octanol–water partition coefficient (Wildman–Crippen LogP) is 4.88. The van der Waals surface area contributed by atoms with Crippen LogP contribution < -0.4 is 5.14 Å². The third-order valence-corrected chi connectivity index (χ3v) is 6.98. The van der Waals surface area contributed by atoms with Crippen molar-refractivity contribution in [2.75, 3.05) is 0 Å². The Balaban J connectivity index is 1.80. The van der Waals surface area contributed by atoms with E-state index in [1.165, 1.54) is 0 Å². The number of hydrogen-bond acceptors (Lipinski definition) is 5. The molecule has 0 aliphatic carbocycles. The summed E-state index contributed by atoms with van der Waals surface area (Å²) in [7, 11) is -1.50. The lowest BCUT2D eigenvalue weighted by Crippen LogP contribution is -2.34. The SMILES string of the molecule is CC(C)(C[C@H](Cc1ccc(C#N)cn1)c1ccccc1-c1noc2ccccc12)S(N)=O. The molecular formula is C25H24N4O2S. The van der Waals surface area contributed by atoms with E-state index in [-0.39, 0.29) is 5.92 Å². The molecule has 2 atom stereocenters. The first-order valence-corrected chi connectivity index (χ1v) is 11.6. The average Bonchev–Trinajstić information content (AvgIpc) is 3.23. The van der Waals surface area contributed by atoms with Crippen molar-refractivity contribution in [1.82, 2.24) is 10.1 Å². The smallest absolute Gasteiger partial charge is 0.167 e. The van der Waals surface area contributed by atoms with Crippen LogP contribution in [0.1, 0.15) is 43.0 Å². The van der Waals surface area contributed by atoms with Gasteiger partial charge in [-0.05, 0) is 62.4 Å². The van der Waals surface area contributed by atoms with Gasteiger partial charge in [0.1, 0.15) is 11.8 Å². The number of rotatable bonds is 7. The topological polar surface area (TPSA) is 106 Å². The van der Waals surface area contributed by atoms with E-state index in [2.05, 4.69) is 22.3 Å². The highest BCUT2D eigenvalue weighted by Crippen LogP contribution is 2.38. The second-order valence-electron chi connectivity index (χ2n) is 8.43. The third kappa shape index (κ3) is 4.47. The number of para-hydroxylation sites is 1. The Morgan fingerprint density at radius 1 is 1.12 bits per heavy atom. The minimum absolute atomic E-state index is 0.0235. The molecule has 0 radical (unpaired) electrons. The lowest BCUT2D eigenvalue weighted by atomic mass is 9.83. The highest BCUT2D eigenvalue weighted by atomic mass is 32.2. The van der Waals surface area contributed by atoms with Gasteiger partial charge in [0.15, 0.2) is 5.58 Å². The maximum atomic E-state index is 12.3. The van der Waals surface area contributed by atoms with Crippen molar-refractivity contribution in [2.24, 2.45) is 5.14 Å². The summed E-state index contributed by atoms with van der Waals surface area (Å²) in [5.74, 6) is -0.0235. The van der Waals surface area contributed by atoms with Crippen molar-refractivity contribution in [2.45, 2.75) is 37.4 Å². The van der Waals surface area contributed by atoms with Crippen molar-refractivity contribution < 1.29 is 8.73 Å². The summed E-state index contributed by atoms with van der Waals surface area (Å²) in [5.41, 5.74) is 4.91. The number of fused-ring (bicyclic) bond motifs is 1.